The Labute approximate surface area is 234 Å². The van der Waals surface area contributed by atoms with Crippen LogP contribution < -0.4 is 5.32 Å². The van der Waals surface area contributed by atoms with Gasteiger partial charge in [0.05, 0.1) is 4.92 Å². The molecule has 40 heavy (non-hydrogen) atoms. The lowest BCUT2D eigenvalue weighted by atomic mass is 9.88. The molecule has 6 heteroatoms. The van der Waals surface area contributed by atoms with Crippen molar-refractivity contribution in [3.63, 3.8) is 0 Å². The molecule has 1 amide bonds. The number of non-ortho nitro benzene ring substituents is 1. The standard InChI is InChI=1S/C34H33N3O3/c1-25(17-18-26-11-5-2-6-12-26)35-34(38)22-30(28-15-9-4-10-16-28)32-24-36(23-27-13-7-3-8-14-27)33-20-19-29(37(39)40)21-31(32)33/h2-16,19-21,24-25,30H,17-18,22-23H2,1H3,(H,35,38)/t25-,30-/m1/s1. The second-order valence-electron chi connectivity index (χ2n) is 10.3. The van der Waals surface area contributed by atoms with E-state index in [0.29, 0.717) is 6.54 Å². The molecule has 0 radical (unpaired) electrons. The predicted molar refractivity (Wildman–Crippen MR) is 159 cm³/mol. The largest absolute Gasteiger partial charge is 0.354 e. The third-order valence-electron chi connectivity index (χ3n) is 7.39. The van der Waals surface area contributed by atoms with E-state index in [1.54, 1.807) is 12.1 Å². The Balaban J connectivity index is 1.46. The minimum Gasteiger partial charge on any atom is -0.354 e. The molecule has 1 aromatic heterocycles. The smallest absolute Gasteiger partial charge is 0.270 e. The number of nitrogens with one attached hydrogen (secondary N) is 1. The van der Waals surface area contributed by atoms with Crippen LogP contribution in [0.15, 0.2) is 115 Å². The van der Waals surface area contributed by atoms with Gasteiger partial charge in [-0.05, 0) is 48.1 Å². The molecular formula is C34H33N3O3. The first-order valence-electron chi connectivity index (χ1n) is 13.7. The van der Waals surface area contributed by atoms with Crippen molar-refractivity contribution in [1.82, 2.24) is 9.88 Å². The fourth-order valence-corrected chi connectivity index (χ4v) is 5.33. The van der Waals surface area contributed by atoms with Crippen molar-refractivity contribution in [3.8, 4) is 0 Å². The van der Waals surface area contributed by atoms with E-state index in [-0.39, 0.29) is 34.9 Å². The molecule has 0 saturated carbocycles. The number of carbonyl (C=O) groups excluding carboxylic acids is 1. The van der Waals surface area contributed by atoms with Gasteiger partial charge in [-0.1, -0.05) is 91.0 Å². The molecule has 202 valence electrons. The second kappa shape index (κ2) is 12.4. The average Bonchev–Trinajstić information content (AvgIpc) is 3.33. The Morgan fingerprint density at radius 1 is 0.875 bits per heavy atom. The van der Waals surface area contributed by atoms with Gasteiger partial charge in [0.15, 0.2) is 0 Å². The van der Waals surface area contributed by atoms with Gasteiger partial charge in [0.25, 0.3) is 5.69 Å². The Morgan fingerprint density at radius 2 is 1.50 bits per heavy atom. The summed E-state index contributed by atoms with van der Waals surface area (Å²) >= 11 is 0. The van der Waals surface area contributed by atoms with E-state index in [9.17, 15) is 14.9 Å². The molecule has 2 atom stereocenters. The number of benzene rings is 4. The predicted octanol–water partition coefficient (Wildman–Crippen LogP) is 7.26. The van der Waals surface area contributed by atoms with Crippen molar-refractivity contribution in [2.75, 3.05) is 0 Å². The minimum absolute atomic E-state index is 0.0182. The van der Waals surface area contributed by atoms with Gasteiger partial charge >= 0.3 is 0 Å². The lowest BCUT2D eigenvalue weighted by Gasteiger charge is -2.20. The highest BCUT2D eigenvalue weighted by Gasteiger charge is 2.25. The quantitative estimate of drug-likeness (QED) is 0.144. The zero-order valence-corrected chi connectivity index (χ0v) is 22.6. The zero-order valence-electron chi connectivity index (χ0n) is 22.6. The molecule has 0 aliphatic rings. The fraction of sp³-hybridized carbons (Fsp3) is 0.206. The van der Waals surface area contributed by atoms with Gasteiger partial charge in [-0.3, -0.25) is 14.9 Å². The maximum atomic E-state index is 13.4. The van der Waals surface area contributed by atoms with Crippen LogP contribution in [-0.2, 0) is 17.8 Å². The monoisotopic (exact) mass is 531 g/mol. The summed E-state index contributed by atoms with van der Waals surface area (Å²) in [7, 11) is 0. The molecule has 4 aromatic carbocycles. The van der Waals surface area contributed by atoms with Gasteiger partial charge < -0.3 is 9.88 Å². The van der Waals surface area contributed by atoms with E-state index in [4.69, 9.17) is 0 Å². The van der Waals surface area contributed by atoms with E-state index >= 15 is 0 Å². The molecule has 0 aliphatic carbocycles. The normalized spacial score (nSPS) is 12.6. The van der Waals surface area contributed by atoms with E-state index < -0.39 is 0 Å². The van der Waals surface area contributed by atoms with Crippen LogP contribution in [0.5, 0.6) is 0 Å². The topological polar surface area (TPSA) is 77.2 Å². The van der Waals surface area contributed by atoms with Gasteiger partial charge in [-0.15, -0.1) is 0 Å². The molecule has 6 nitrogen and oxygen atoms in total. The third kappa shape index (κ3) is 6.46. The Kier molecular flexibility index (Phi) is 8.35. The number of amides is 1. The minimum atomic E-state index is -0.365. The number of hydrogen-bond donors (Lipinski definition) is 1. The van der Waals surface area contributed by atoms with Gasteiger partial charge in [-0.25, -0.2) is 0 Å². The molecule has 0 fully saturated rings. The molecule has 1 N–H and O–H groups in total. The van der Waals surface area contributed by atoms with Gasteiger partial charge in [-0.2, -0.15) is 0 Å². The highest BCUT2D eigenvalue weighted by Crippen LogP contribution is 2.36. The van der Waals surface area contributed by atoms with Crippen LogP contribution in [0.3, 0.4) is 0 Å². The molecular weight excluding hydrogens is 498 g/mol. The molecule has 1 heterocycles. The van der Waals surface area contributed by atoms with Crippen LogP contribution in [0.1, 0.15) is 47.9 Å². The lowest BCUT2D eigenvalue weighted by Crippen LogP contribution is -2.33. The van der Waals surface area contributed by atoms with E-state index in [0.717, 1.165) is 40.4 Å². The third-order valence-corrected chi connectivity index (χ3v) is 7.39. The summed E-state index contributed by atoms with van der Waals surface area (Å²) in [6.07, 6.45) is 4.04. The molecule has 5 aromatic rings. The van der Waals surface area contributed by atoms with Crippen molar-refractivity contribution in [3.05, 3.63) is 148 Å². The number of nitro benzene ring substituents is 1. The van der Waals surface area contributed by atoms with E-state index in [2.05, 4.69) is 40.3 Å². The summed E-state index contributed by atoms with van der Waals surface area (Å²) in [6.45, 7) is 2.66. The van der Waals surface area contributed by atoms with Crippen LogP contribution >= 0.6 is 0 Å². The van der Waals surface area contributed by atoms with Crippen molar-refractivity contribution >= 4 is 22.5 Å². The first-order valence-corrected chi connectivity index (χ1v) is 13.7. The van der Waals surface area contributed by atoms with E-state index in [1.165, 1.54) is 5.56 Å². The number of carbonyl (C=O) groups is 1. The maximum Gasteiger partial charge on any atom is 0.270 e. The number of hydrogen-bond acceptors (Lipinski definition) is 3. The number of nitro groups is 1. The fourth-order valence-electron chi connectivity index (χ4n) is 5.33. The lowest BCUT2D eigenvalue weighted by molar-refractivity contribution is -0.384. The molecule has 0 aliphatic heterocycles. The van der Waals surface area contributed by atoms with Gasteiger partial charge in [0.1, 0.15) is 0 Å². The number of rotatable bonds is 11. The summed E-state index contributed by atoms with van der Waals surface area (Å²) in [5, 5.41) is 15.7. The first-order chi connectivity index (χ1) is 19.5. The Morgan fingerprint density at radius 3 is 2.15 bits per heavy atom. The zero-order chi connectivity index (χ0) is 27.9. The van der Waals surface area contributed by atoms with Crippen LogP contribution in [-0.4, -0.2) is 21.4 Å². The summed E-state index contributed by atoms with van der Waals surface area (Å²) < 4.78 is 2.13. The molecule has 5 rings (SSSR count). The molecule has 0 unspecified atom stereocenters. The highest BCUT2D eigenvalue weighted by molar-refractivity contribution is 5.88. The van der Waals surface area contributed by atoms with Crippen LogP contribution in [0.2, 0.25) is 0 Å². The summed E-state index contributed by atoms with van der Waals surface area (Å²) in [5.74, 6) is -0.298. The summed E-state index contributed by atoms with van der Waals surface area (Å²) in [6, 6.07) is 35.3. The van der Waals surface area contributed by atoms with Crippen LogP contribution in [0, 0.1) is 10.1 Å². The number of fused-ring (bicyclic) bond motifs is 1. The maximum absolute atomic E-state index is 13.4. The first kappa shape index (κ1) is 26.9. The second-order valence-corrected chi connectivity index (χ2v) is 10.3. The number of nitrogens with zero attached hydrogens (tertiary/aromatic N) is 2. The van der Waals surface area contributed by atoms with Crippen molar-refractivity contribution in [2.45, 2.75) is 44.7 Å². The number of aryl methyl sites for hydroxylation is 1. The van der Waals surface area contributed by atoms with E-state index in [1.807, 2.05) is 79.7 Å². The van der Waals surface area contributed by atoms with Crippen LogP contribution in [0.25, 0.3) is 10.9 Å². The number of aromatic nitrogens is 1. The van der Waals surface area contributed by atoms with Crippen LogP contribution in [0.4, 0.5) is 5.69 Å². The molecule has 0 spiro atoms. The van der Waals surface area contributed by atoms with Gasteiger partial charge in [0, 0.05) is 54.2 Å². The average molecular weight is 532 g/mol. The van der Waals surface area contributed by atoms with Crippen molar-refractivity contribution in [1.29, 1.82) is 0 Å². The van der Waals surface area contributed by atoms with Crippen molar-refractivity contribution in [2.24, 2.45) is 0 Å². The summed E-state index contributed by atoms with van der Waals surface area (Å²) in [4.78, 5) is 24.7. The molecule has 0 bridgehead atoms. The van der Waals surface area contributed by atoms with Crippen molar-refractivity contribution < 1.29 is 9.72 Å². The van der Waals surface area contributed by atoms with Gasteiger partial charge in [0.2, 0.25) is 5.91 Å². The molecule has 0 saturated heterocycles. The highest BCUT2D eigenvalue weighted by atomic mass is 16.6. The summed E-state index contributed by atoms with van der Waals surface area (Å²) in [5.41, 5.74) is 5.23. The Hall–Kier alpha value is -4.71. The Bertz CT molecular complexity index is 1580. The SMILES string of the molecule is C[C@H](CCc1ccccc1)NC(=O)C[C@H](c1ccccc1)c1cn(Cc2ccccc2)c2ccc([N+](=O)[O-])cc12.